The third-order valence-electron chi connectivity index (χ3n) is 2.48. The molecule has 0 aromatic carbocycles. The summed E-state index contributed by atoms with van der Waals surface area (Å²) in [6, 6.07) is 1.13. The van der Waals surface area contributed by atoms with Gasteiger partial charge in [0, 0.05) is 19.4 Å². The van der Waals surface area contributed by atoms with Crippen LogP contribution < -0.4 is 5.32 Å². The number of hydrogen-bond donors (Lipinski definition) is 1. The summed E-state index contributed by atoms with van der Waals surface area (Å²) < 4.78 is 0. The van der Waals surface area contributed by atoms with Gasteiger partial charge in [-0.05, 0) is 6.07 Å². The highest BCUT2D eigenvalue weighted by molar-refractivity contribution is 6.33. The number of carbonyl (C=O) groups is 2. The van der Waals surface area contributed by atoms with Gasteiger partial charge in [-0.15, -0.1) is 0 Å². The molecule has 0 saturated carbocycles. The van der Waals surface area contributed by atoms with Crippen LogP contribution in [0.5, 0.6) is 0 Å². The van der Waals surface area contributed by atoms with Gasteiger partial charge in [-0.1, -0.05) is 11.6 Å². The van der Waals surface area contributed by atoms with Crippen LogP contribution in [-0.4, -0.2) is 34.8 Å². The van der Waals surface area contributed by atoms with Crippen molar-refractivity contribution in [1.29, 1.82) is 0 Å². The number of hydrogen-bond acceptors (Lipinski definition) is 4. The van der Waals surface area contributed by atoms with Crippen LogP contribution >= 0.6 is 11.6 Å². The van der Waals surface area contributed by atoms with Crippen LogP contribution in [0.2, 0.25) is 5.02 Å². The zero-order valence-corrected chi connectivity index (χ0v) is 9.36. The Kier molecular flexibility index (Phi) is 2.78. The zero-order chi connectivity index (χ0) is 11.7. The minimum atomic E-state index is -0.530. The lowest BCUT2D eigenvalue weighted by molar-refractivity contribution is -0.136. The maximum absolute atomic E-state index is 11.6. The van der Waals surface area contributed by atoms with Gasteiger partial charge in [0.2, 0.25) is 5.91 Å². The van der Waals surface area contributed by atoms with Gasteiger partial charge in [-0.2, -0.15) is 0 Å². The summed E-state index contributed by atoms with van der Waals surface area (Å²) in [6.07, 6.45) is 3.21. The Morgan fingerprint density at radius 3 is 2.88 bits per heavy atom. The van der Waals surface area contributed by atoms with Crippen molar-refractivity contribution in [3.05, 3.63) is 23.5 Å². The number of nitrogens with one attached hydrogen (secondary N) is 1. The molecule has 6 heteroatoms. The Bertz CT molecular complexity index is 449. The van der Waals surface area contributed by atoms with Crippen LogP contribution in [0.1, 0.15) is 6.42 Å². The highest BCUT2D eigenvalue weighted by Crippen LogP contribution is 2.23. The normalized spacial score (nSPS) is 20.4. The van der Waals surface area contributed by atoms with E-state index in [4.69, 9.17) is 11.6 Å². The Balaban J connectivity index is 2.15. The van der Waals surface area contributed by atoms with E-state index in [2.05, 4.69) is 10.3 Å². The van der Waals surface area contributed by atoms with Crippen molar-refractivity contribution in [2.24, 2.45) is 0 Å². The van der Waals surface area contributed by atoms with Crippen molar-refractivity contribution < 1.29 is 9.59 Å². The maximum Gasteiger partial charge on any atom is 0.251 e. The second-order valence-electron chi connectivity index (χ2n) is 3.55. The molecule has 1 aliphatic rings. The first-order valence-corrected chi connectivity index (χ1v) is 5.14. The Labute approximate surface area is 97.4 Å². The number of aromatic nitrogens is 1. The summed E-state index contributed by atoms with van der Waals surface area (Å²) in [5.41, 5.74) is 0.609. The van der Waals surface area contributed by atoms with Gasteiger partial charge in [-0.25, -0.2) is 0 Å². The molecule has 2 rings (SSSR count). The monoisotopic (exact) mass is 239 g/mol. The number of pyridine rings is 1. The second-order valence-corrected chi connectivity index (χ2v) is 3.95. The molecule has 0 spiro atoms. The molecule has 84 valence electrons. The molecule has 1 atom stereocenters. The molecule has 1 N–H and O–H groups in total. The number of likely N-dealkylation sites (tertiary alicyclic amines) is 1. The molecule has 2 amide bonds. The lowest BCUT2D eigenvalue weighted by Crippen LogP contribution is -2.31. The Hall–Kier alpha value is -1.62. The number of halogens is 1. The molecule has 1 aromatic heterocycles. The Morgan fingerprint density at radius 2 is 2.31 bits per heavy atom. The smallest absolute Gasteiger partial charge is 0.251 e. The van der Waals surface area contributed by atoms with Crippen LogP contribution in [0.4, 0.5) is 5.69 Å². The fourth-order valence-corrected chi connectivity index (χ4v) is 1.72. The van der Waals surface area contributed by atoms with Gasteiger partial charge in [0.25, 0.3) is 5.91 Å². The standard InChI is InChI=1S/C10H10ClN3O2/c1-14-9(15)4-8(10(14)16)13-7-2-3-12-5-6(7)11/h2-3,5,8H,4H2,1H3,(H,12,13). The molecular weight excluding hydrogens is 230 g/mol. The van der Waals surface area contributed by atoms with Gasteiger partial charge in [0.05, 0.1) is 17.1 Å². The van der Waals surface area contributed by atoms with Crippen molar-refractivity contribution in [1.82, 2.24) is 9.88 Å². The zero-order valence-electron chi connectivity index (χ0n) is 8.61. The number of amides is 2. The van der Waals surface area contributed by atoms with Crippen LogP contribution in [0.25, 0.3) is 0 Å². The maximum atomic E-state index is 11.6. The molecule has 1 saturated heterocycles. The first kappa shape index (κ1) is 10.9. The van der Waals surface area contributed by atoms with Crippen LogP contribution in [0.3, 0.4) is 0 Å². The molecule has 0 bridgehead atoms. The van der Waals surface area contributed by atoms with Crippen LogP contribution in [0.15, 0.2) is 18.5 Å². The molecule has 1 aliphatic heterocycles. The van der Waals surface area contributed by atoms with E-state index in [1.165, 1.54) is 13.2 Å². The van der Waals surface area contributed by atoms with E-state index in [-0.39, 0.29) is 18.2 Å². The number of likely N-dealkylation sites (N-methyl/N-ethyl adjacent to an activating group) is 1. The van der Waals surface area contributed by atoms with Gasteiger partial charge in [-0.3, -0.25) is 19.5 Å². The highest BCUT2D eigenvalue weighted by atomic mass is 35.5. The topological polar surface area (TPSA) is 62.3 Å². The van der Waals surface area contributed by atoms with E-state index in [0.29, 0.717) is 10.7 Å². The SMILES string of the molecule is CN1C(=O)CC(Nc2ccncc2Cl)C1=O. The highest BCUT2D eigenvalue weighted by Gasteiger charge is 2.36. The summed E-state index contributed by atoms with van der Waals surface area (Å²) >= 11 is 5.89. The number of anilines is 1. The summed E-state index contributed by atoms with van der Waals surface area (Å²) in [7, 11) is 1.47. The van der Waals surface area contributed by atoms with E-state index < -0.39 is 6.04 Å². The lowest BCUT2D eigenvalue weighted by atomic mass is 10.2. The van der Waals surface area contributed by atoms with Gasteiger partial charge in [0.1, 0.15) is 6.04 Å². The summed E-state index contributed by atoms with van der Waals surface area (Å²) in [6.45, 7) is 0. The van der Waals surface area contributed by atoms with Gasteiger partial charge in [0.15, 0.2) is 0 Å². The molecular formula is C10H10ClN3O2. The third kappa shape index (κ3) is 1.86. The molecule has 0 radical (unpaired) electrons. The third-order valence-corrected chi connectivity index (χ3v) is 2.78. The predicted octanol–water partition coefficient (Wildman–Crippen LogP) is 0.904. The van der Waals surface area contributed by atoms with E-state index in [0.717, 1.165) is 4.90 Å². The van der Waals surface area contributed by atoms with E-state index in [9.17, 15) is 9.59 Å². The molecule has 1 unspecified atom stereocenters. The second kappa shape index (κ2) is 4.09. The lowest BCUT2D eigenvalue weighted by Gasteiger charge is -2.12. The predicted molar refractivity (Wildman–Crippen MR) is 59.1 cm³/mol. The number of carbonyl (C=O) groups excluding carboxylic acids is 2. The fraction of sp³-hybridized carbons (Fsp3) is 0.300. The van der Waals surface area contributed by atoms with Crippen LogP contribution in [0, 0.1) is 0 Å². The molecule has 0 aliphatic carbocycles. The molecule has 2 heterocycles. The van der Waals surface area contributed by atoms with Crippen molar-refractivity contribution in [2.45, 2.75) is 12.5 Å². The van der Waals surface area contributed by atoms with E-state index in [1.807, 2.05) is 0 Å². The first-order valence-electron chi connectivity index (χ1n) is 4.76. The van der Waals surface area contributed by atoms with E-state index >= 15 is 0 Å². The summed E-state index contributed by atoms with van der Waals surface area (Å²) in [5.74, 6) is -0.425. The molecule has 1 aromatic rings. The largest absolute Gasteiger partial charge is 0.372 e. The minimum absolute atomic E-state index is 0.161. The summed E-state index contributed by atoms with van der Waals surface area (Å²) in [5, 5.41) is 3.36. The minimum Gasteiger partial charge on any atom is -0.372 e. The molecule has 5 nitrogen and oxygen atoms in total. The average Bonchev–Trinajstić information content (AvgIpc) is 2.50. The number of rotatable bonds is 2. The van der Waals surface area contributed by atoms with E-state index in [1.54, 1.807) is 12.3 Å². The van der Waals surface area contributed by atoms with Gasteiger partial charge >= 0.3 is 0 Å². The fourth-order valence-electron chi connectivity index (χ4n) is 1.55. The number of imide groups is 1. The number of nitrogens with zero attached hydrogens (tertiary/aromatic N) is 2. The average molecular weight is 240 g/mol. The van der Waals surface area contributed by atoms with Crippen LogP contribution in [-0.2, 0) is 9.59 Å². The van der Waals surface area contributed by atoms with Crippen molar-refractivity contribution in [3.63, 3.8) is 0 Å². The molecule has 1 fully saturated rings. The first-order chi connectivity index (χ1) is 7.59. The van der Waals surface area contributed by atoms with Crippen molar-refractivity contribution >= 4 is 29.1 Å². The molecule has 16 heavy (non-hydrogen) atoms. The van der Waals surface area contributed by atoms with Crippen molar-refractivity contribution in [2.75, 3.05) is 12.4 Å². The Morgan fingerprint density at radius 1 is 1.56 bits per heavy atom. The van der Waals surface area contributed by atoms with Gasteiger partial charge < -0.3 is 5.32 Å². The summed E-state index contributed by atoms with van der Waals surface area (Å²) in [4.78, 5) is 27.9. The van der Waals surface area contributed by atoms with Crippen molar-refractivity contribution in [3.8, 4) is 0 Å². The quantitative estimate of drug-likeness (QED) is 0.779.